The van der Waals surface area contributed by atoms with Crippen LogP contribution in [0.2, 0.25) is 0 Å². The fourth-order valence-corrected chi connectivity index (χ4v) is 2.30. The fraction of sp³-hybridized carbons (Fsp3) is 0.417. The SMILES string of the molecule is O=C(CN1CCNCC1)Nc1ccc(F)cc1Br. The molecule has 2 N–H and O–H groups in total. The lowest BCUT2D eigenvalue weighted by Crippen LogP contribution is -2.46. The van der Waals surface area contributed by atoms with Gasteiger partial charge in [0.25, 0.3) is 0 Å². The smallest absolute Gasteiger partial charge is 0.238 e. The Kier molecular flexibility index (Phi) is 4.68. The monoisotopic (exact) mass is 315 g/mol. The number of halogens is 2. The van der Waals surface area contributed by atoms with E-state index in [0.717, 1.165) is 26.2 Å². The summed E-state index contributed by atoms with van der Waals surface area (Å²) in [7, 11) is 0. The molecule has 2 rings (SSSR count). The average molecular weight is 316 g/mol. The number of nitrogens with zero attached hydrogens (tertiary/aromatic N) is 1. The molecule has 0 saturated carbocycles. The van der Waals surface area contributed by atoms with Gasteiger partial charge in [0.05, 0.1) is 12.2 Å². The second kappa shape index (κ2) is 6.26. The molecule has 18 heavy (non-hydrogen) atoms. The summed E-state index contributed by atoms with van der Waals surface area (Å²) in [6.07, 6.45) is 0. The molecule has 1 aliphatic rings. The van der Waals surface area contributed by atoms with Crippen LogP contribution < -0.4 is 10.6 Å². The molecule has 1 aromatic carbocycles. The van der Waals surface area contributed by atoms with E-state index in [2.05, 4.69) is 31.5 Å². The van der Waals surface area contributed by atoms with Gasteiger partial charge in [0.1, 0.15) is 5.82 Å². The summed E-state index contributed by atoms with van der Waals surface area (Å²) in [5, 5.41) is 6.00. The van der Waals surface area contributed by atoms with Crippen molar-refractivity contribution in [3.63, 3.8) is 0 Å². The number of carbonyl (C=O) groups is 1. The number of anilines is 1. The molecule has 1 aliphatic heterocycles. The first-order valence-electron chi connectivity index (χ1n) is 5.83. The quantitative estimate of drug-likeness (QED) is 0.887. The van der Waals surface area contributed by atoms with Crippen molar-refractivity contribution in [1.29, 1.82) is 0 Å². The Morgan fingerprint density at radius 2 is 2.17 bits per heavy atom. The first-order chi connectivity index (χ1) is 8.65. The normalized spacial score (nSPS) is 16.6. The minimum atomic E-state index is -0.332. The number of nitrogens with one attached hydrogen (secondary N) is 2. The second-order valence-corrected chi connectivity index (χ2v) is 5.05. The molecule has 4 nitrogen and oxygen atoms in total. The summed E-state index contributed by atoms with van der Waals surface area (Å²) in [6, 6.07) is 4.21. The van der Waals surface area contributed by atoms with Crippen molar-refractivity contribution >= 4 is 27.5 Å². The number of carbonyl (C=O) groups excluding carboxylic acids is 1. The minimum Gasteiger partial charge on any atom is -0.324 e. The summed E-state index contributed by atoms with van der Waals surface area (Å²) in [6.45, 7) is 3.93. The molecular weight excluding hydrogens is 301 g/mol. The van der Waals surface area contributed by atoms with Crippen LogP contribution in [-0.2, 0) is 4.79 Å². The molecule has 1 aromatic rings. The average Bonchev–Trinajstić information content (AvgIpc) is 2.34. The molecule has 0 atom stereocenters. The van der Waals surface area contributed by atoms with E-state index < -0.39 is 0 Å². The van der Waals surface area contributed by atoms with Crippen molar-refractivity contribution in [3.05, 3.63) is 28.5 Å². The maximum Gasteiger partial charge on any atom is 0.238 e. The van der Waals surface area contributed by atoms with Crippen molar-refractivity contribution in [2.75, 3.05) is 38.0 Å². The van der Waals surface area contributed by atoms with Crippen molar-refractivity contribution < 1.29 is 9.18 Å². The largest absolute Gasteiger partial charge is 0.324 e. The number of amides is 1. The first kappa shape index (κ1) is 13.5. The first-order valence-corrected chi connectivity index (χ1v) is 6.62. The highest BCUT2D eigenvalue weighted by atomic mass is 79.9. The summed E-state index contributed by atoms with van der Waals surface area (Å²) in [5.41, 5.74) is 0.594. The van der Waals surface area contributed by atoms with Crippen molar-refractivity contribution in [1.82, 2.24) is 10.2 Å². The molecule has 6 heteroatoms. The van der Waals surface area contributed by atoms with Crippen LogP contribution >= 0.6 is 15.9 Å². The summed E-state index contributed by atoms with van der Waals surface area (Å²) >= 11 is 3.22. The lowest BCUT2D eigenvalue weighted by atomic mass is 10.3. The molecule has 0 unspecified atom stereocenters. The van der Waals surface area contributed by atoms with Gasteiger partial charge >= 0.3 is 0 Å². The maximum absolute atomic E-state index is 12.9. The maximum atomic E-state index is 12.9. The van der Waals surface area contributed by atoms with Gasteiger partial charge in [-0.15, -0.1) is 0 Å². The molecule has 0 spiro atoms. The summed E-state index contributed by atoms with van der Waals surface area (Å²) < 4.78 is 13.5. The third kappa shape index (κ3) is 3.76. The molecule has 1 heterocycles. The molecular formula is C12H15BrFN3O. The molecule has 0 radical (unpaired) electrons. The standard InChI is InChI=1S/C12H15BrFN3O/c13-10-7-9(14)1-2-11(10)16-12(18)8-17-5-3-15-4-6-17/h1-2,7,15H,3-6,8H2,(H,16,18). The van der Waals surface area contributed by atoms with Crippen LogP contribution in [0.15, 0.2) is 22.7 Å². The van der Waals surface area contributed by atoms with Crippen LogP contribution in [-0.4, -0.2) is 43.5 Å². The number of hydrogen-bond donors (Lipinski definition) is 2. The minimum absolute atomic E-state index is 0.0794. The predicted octanol–water partition coefficient (Wildman–Crippen LogP) is 1.43. The van der Waals surface area contributed by atoms with E-state index in [-0.39, 0.29) is 11.7 Å². The Morgan fingerprint density at radius 3 is 2.83 bits per heavy atom. The Balaban J connectivity index is 1.90. The predicted molar refractivity (Wildman–Crippen MR) is 72.0 cm³/mol. The van der Waals surface area contributed by atoms with Crippen LogP contribution in [0.4, 0.5) is 10.1 Å². The van der Waals surface area contributed by atoms with Crippen LogP contribution in [0.25, 0.3) is 0 Å². The highest BCUT2D eigenvalue weighted by Crippen LogP contribution is 2.22. The van der Waals surface area contributed by atoms with Gasteiger partial charge in [0.2, 0.25) is 5.91 Å². The van der Waals surface area contributed by atoms with Crippen LogP contribution in [0, 0.1) is 5.82 Å². The van der Waals surface area contributed by atoms with Crippen molar-refractivity contribution in [3.8, 4) is 0 Å². The highest BCUT2D eigenvalue weighted by molar-refractivity contribution is 9.10. The Morgan fingerprint density at radius 1 is 1.44 bits per heavy atom. The van der Waals surface area contributed by atoms with E-state index in [1.165, 1.54) is 12.1 Å². The van der Waals surface area contributed by atoms with Crippen molar-refractivity contribution in [2.24, 2.45) is 0 Å². The Hall–Kier alpha value is -0.980. The van der Waals surface area contributed by atoms with Gasteiger partial charge in [-0.3, -0.25) is 9.69 Å². The van der Waals surface area contributed by atoms with Gasteiger partial charge in [-0.2, -0.15) is 0 Å². The molecule has 0 aliphatic carbocycles. The molecule has 0 bridgehead atoms. The molecule has 0 aromatic heterocycles. The summed E-state index contributed by atoms with van der Waals surface area (Å²) in [4.78, 5) is 13.9. The Bertz CT molecular complexity index is 435. The van der Waals surface area contributed by atoms with E-state index in [1.54, 1.807) is 6.07 Å². The number of piperazine rings is 1. The number of rotatable bonds is 3. The number of benzene rings is 1. The second-order valence-electron chi connectivity index (χ2n) is 4.20. The van der Waals surface area contributed by atoms with Crippen LogP contribution in [0.1, 0.15) is 0 Å². The molecule has 1 fully saturated rings. The van der Waals surface area contributed by atoms with Crippen LogP contribution in [0.3, 0.4) is 0 Å². The van der Waals surface area contributed by atoms with Crippen LogP contribution in [0.5, 0.6) is 0 Å². The fourth-order valence-electron chi connectivity index (χ4n) is 1.85. The third-order valence-electron chi connectivity index (χ3n) is 2.78. The molecule has 1 saturated heterocycles. The third-order valence-corrected chi connectivity index (χ3v) is 3.44. The van der Waals surface area contributed by atoms with Gasteiger partial charge in [0.15, 0.2) is 0 Å². The lowest BCUT2D eigenvalue weighted by molar-refractivity contribution is -0.117. The zero-order valence-electron chi connectivity index (χ0n) is 9.88. The number of hydrogen-bond acceptors (Lipinski definition) is 3. The highest BCUT2D eigenvalue weighted by Gasteiger charge is 2.14. The van der Waals surface area contributed by atoms with Gasteiger partial charge < -0.3 is 10.6 Å². The molecule has 1 amide bonds. The summed E-state index contributed by atoms with van der Waals surface area (Å²) in [5.74, 6) is -0.411. The van der Waals surface area contributed by atoms with Gasteiger partial charge in [-0.1, -0.05) is 0 Å². The molecule has 98 valence electrons. The van der Waals surface area contributed by atoms with E-state index in [4.69, 9.17) is 0 Å². The van der Waals surface area contributed by atoms with E-state index in [1.807, 2.05) is 0 Å². The Labute approximate surface area is 114 Å². The topological polar surface area (TPSA) is 44.4 Å². The van der Waals surface area contributed by atoms with E-state index in [0.29, 0.717) is 16.7 Å². The lowest BCUT2D eigenvalue weighted by Gasteiger charge is -2.26. The van der Waals surface area contributed by atoms with Gasteiger partial charge in [-0.25, -0.2) is 4.39 Å². The zero-order chi connectivity index (χ0) is 13.0. The van der Waals surface area contributed by atoms with Crippen molar-refractivity contribution in [2.45, 2.75) is 0 Å². The van der Waals surface area contributed by atoms with E-state index in [9.17, 15) is 9.18 Å². The van der Waals surface area contributed by atoms with Gasteiger partial charge in [-0.05, 0) is 34.1 Å². The van der Waals surface area contributed by atoms with E-state index >= 15 is 0 Å². The van der Waals surface area contributed by atoms with Gasteiger partial charge in [0, 0.05) is 30.7 Å². The zero-order valence-corrected chi connectivity index (χ0v) is 11.5.